The number of aldehydes is 1. The van der Waals surface area contributed by atoms with Gasteiger partial charge in [0.15, 0.2) is 5.82 Å². The van der Waals surface area contributed by atoms with Gasteiger partial charge in [-0.25, -0.2) is 0 Å². The molecular formula is C13H20N2O2. The van der Waals surface area contributed by atoms with Crippen LogP contribution in [0.15, 0.2) is 4.52 Å². The van der Waals surface area contributed by atoms with Gasteiger partial charge in [-0.15, -0.1) is 0 Å². The zero-order chi connectivity index (χ0) is 12.1. The van der Waals surface area contributed by atoms with E-state index in [-0.39, 0.29) is 5.41 Å². The first-order chi connectivity index (χ1) is 8.24. The van der Waals surface area contributed by atoms with Crippen molar-refractivity contribution in [3.8, 4) is 0 Å². The summed E-state index contributed by atoms with van der Waals surface area (Å²) in [5.41, 5.74) is -0.0622. The van der Waals surface area contributed by atoms with Crippen molar-refractivity contribution in [1.29, 1.82) is 0 Å². The normalized spacial score (nSPS) is 19.1. The summed E-state index contributed by atoms with van der Waals surface area (Å²) < 4.78 is 5.07. The molecule has 0 aliphatic heterocycles. The molecule has 2 rings (SSSR count). The fourth-order valence-electron chi connectivity index (χ4n) is 2.72. The van der Waals surface area contributed by atoms with Gasteiger partial charge in [-0.3, -0.25) is 0 Å². The quantitative estimate of drug-likeness (QED) is 0.738. The van der Waals surface area contributed by atoms with E-state index >= 15 is 0 Å². The Morgan fingerprint density at radius 1 is 1.35 bits per heavy atom. The predicted molar refractivity (Wildman–Crippen MR) is 63.6 cm³/mol. The van der Waals surface area contributed by atoms with Crippen molar-refractivity contribution < 1.29 is 9.32 Å². The van der Waals surface area contributed by atoms with Gasteiger partial charge in [-0.2, -0.15) is 4.98 Å². The average molecular weight is 236 g/mol. The summed E-state index contributed by atoms with van der Waals surface area (Å²) in [4.78, 5) is 15.5. The molecule has 1 aliphatic carbocycles. The molecule has 0 amide bonds. The molecule has 0 bridgehead atoms. The lowest BCUT2D eigenvalue weighted by Crippen LogP contribution is -2.25. The fraction of sp³-hybridized carbons (Fsp3) is 0.769. The van der Waals surface area contributed by atoms with Crippen LogP contribution in [0.5, 0.6) is 0 Å². The van der Waals surface area contributed by atoms with Crippen molar-refractivity contribution >= 4 is 6.29 Å². The molecular weight excluding hydrogens is 216 g/mol. The zero-order valence-corrected chi connectivity index (χ0v) is 10.4. The molecule has 1 heterocycles. The summed E-state index contributed by atoms with van der Waals surface area (Å²) in [5, 5.41) is 3.76. The van der Waals surface area contributed by atoms with Gasteiger partial charge in [0, 0.05) is 11.8 Å². The summed E-state index contributed by atoms with van der Waals surface area (Å²) in [5.74, 6) is 1.38. The molecule has 0 aromatic carbocycles. The Kier molecular flexibility index (Phi) is 3.92. The minimum absolute atomic E-state index is 0.0622. The Morgan fingerprint density at radius 3 is 2.71 bits per heavy atom. The smallest absolute Gasteiger partial charge is 0.226 e. The zero-order valence-electron chi connectivity index (χ0n) is 10.4. The minimum Gasteiger partial charge on any atom is -0.339 e. The first kappa shape index (κ1) is 12.3. The third-order valence-electron chi connectivity index (χ3n) is 3.73. The largest absolute Gasteiger partial charge is 0.339 e. The van der Waals surface area contributed by atoms with Crippen molar-refractivity contribution in [3.63, 3.8) is 0 Å². The average Bonchev–Trinajstić information content (AvgIpc) is 2.76. The lowest BCUT2D eigenvalue weighted by molar-refractivity contribution is -0.118. The Balaban J connectivity index is 1.81. The molecule has 0 unspecified atom stereocenters. The molecule has 4 nitrogen and oxygen atoms in total. The lowest BCUT2D eigenvalue weighted by Gasteiger charge is -2.31. The number of rotatable bonds is 5. The molecule has 1 aromatic rings. The maximum Gasteiger partial charge on any atom is 0.226 e. The second kappa shape index (κ2) is 5.43. The highest BCUT2D eigenvalue weighted by Gasteiger charge is 2.31. The van der Waals surface area contributed by atoms with Crippen LogP contribution in [-0.2, 0) is 11.2 Å². The van der Waals surface area contributed by atoms with Crippen LogP contribution in [0, 0.1) is 12.3 Å². The number of carbonyl (C=O) groups excluding carboxylic acids is 1. The van der Waals surface area contributed by atoms with E-state index in [1.54, 1.807) is 0 Å². The number of aryl methyl sites for hydroxylation is 2. The summed E-state index contributed by atoms with van der Waals surface area (Å²) in [6.07, 6.45) is 9.66. The third kappa shape index (κ3) is 3.14. The molecule has 0 spiro atoms. The Labute approximate surface area is 102 Å². The highest BCUT2D eigenvalue weighted by Crippen LogP contribution is 2.38. The molecule has 0 radical (unpaired) electrons. The van der Waals surface area contributed by atoms with Gasteiger partial charge in [0.2, 0.25) is 5.89 Å². The maximum absolute atomic E-state index is 11.3. The molecule has 0 saturated heterocycles. The first-order valence-electron chi connectivity index (χ1n) is 6.50. The van der Waals surface area contributed by atoms with Crippen LogP contribution in [0.25, 0.3) is 0 Å². The molecule has 1 fully saturated rings. The van der Waals surface area contributed by atoms with Crippen LogP contribution in [0.2, 0.25) is 0 Å². The van der Waals surface area contributed by atoms with E-state index in [0.717, 1.165) is 32.1 Å². The van der Waals surface area contributed by atoms with Crippen molar-refractivity contribution in [2.75, 3.05) is 0 Å². The van der Waals surface area contributed by atoms with Crippen LogP contribution in [-0.4, -0.2) is 16.4 Å². The second-order valence-electron chi connectivity index (χ2n) is 5.13. The van der Waals surface area contributed by atoms with E-state index in [1.807, 2.05) is 6.92 Å². The predicted octanol–water partition coefficient (Wildman–Crippen LogP) is 2.85. The van der Waals surface area contributed by atoms with E-state index in [1.165, 1.54) is 25.5 Å². The molecule has 1 saturated carbocycles. The van der Waals surface area contributed by atoms with E-state index < -0.39 is 0 Å². The monoisotopic (exact) mass is 236 g/mol. The molecule has 17 heavy (non-hydrogen) atoms. The van der Waals surface area contributed by atoms with Crippen LogP contribution < -0.4 is 0 Å². The topological polar surface area (TPSA) is 56.0 Å². The number of aromatic nitrogens is 2. The summed E-state index contributed by atoms with van der Waals surface area (Å²) in [6.45, 7) is 1.82. The SMILES string of the molecule is Cc1noc(CCCC2(C=O)CCCCC2)n1. The van der Waals surface area contributed by atoms with Gasteiger partial charge < -0.3 is 9.32 Å². The van der Waals surface area contributed by atoms with E-state index in [2.05, 4.69) is 10.1 Å². The van der Waals surface area contributed by atoms with Crippen LogP contribution in [0.3, 0.4) is 0 Å². The molecule has 1 aliphatic rings. The Bertz CT molecular complexity index is 367. The van der Waals surface area contributed by atoms with Crippen molar-refractivity contribution in [2.24, 2.45) is 5.41 Å². The third-order valence-corrected chi connectivity index (χ3v) is 3.73. The highest BCUT2D eigenvalue weighted by molar-refractivity contribution is 5.59. The number of carbonyl (C=O) groups is 1. The Hall–Kier alpha value is -1.19. The number of nitrogens with zero attached hydrogens (tertiary/aromatic N) is 2. The summed E-state index contributed by atoms with van der Waals surface area (Å²) in [6, 6.07) is 0. The van der Waals surface area contributed by atoms with Gasteiger partial charge in [0.25, 0.3) is 0 Å². The van der Waals surface area contributed by atoms with Crippen molar-refractivity contribution in [1.82, 2.24) is 10.1 Å². The number of hydrogen-bond donors (Lipinski definition) is 0. The van der Waals surface area contributed by atoms with E-state index in [9.17, 15) is 4.79 Å². The molecule has 0 N–H and O–H groups in total. The van der Waals surface area contributed by atoms with Gasteiger partial charge in [-0.1, -0.05) is 24.4 Å². The van der Waals surface area contributed by atoms with E-state index in [4.69, 9.17) is 4.52 Å². The van der Waals surface area contributed by atoms with Crippen molar-refractivity contribution in [3.05, 3.63) is 11.7 Å². The second-order valence-corrected chi connectivity index (χ2v) is 5.13. The van der Waals surface area contributed by atoms with Gasteiger partial charge in [-0.05, 0) is 32.6 Å². The van der Waals surface area contributed by atoms with Crippen LogP contribution >= 0.6 is 0 Å². The Morgan fingerprint density at radius 2 is 2.12 bits per heavy atom. The van der Waals surface area contributed by atoms with E-state index in [0.29, 0.717) is 11.7 Å². The fourth-order valence-corrected chi connectivity index (χ4v) is 2.72. The number of hydrogen-bond acceptors (Lipinski definition) is 4. The standard InChI is InChI=1S/C13H20N2O2/c1-11-14-12(17-15-11)6-5-9-13(10-16)7-3-2-4-8-13/h10H,2-9H2,1H3. The first-order valence-corrected chi connectivity index (χ1v) is 6.50. The minimum atomic E-state index is -0.0622. The molecule has 0 atom stereocenters. The van der Waals surface area contributed by atoms with Crippen molar-refractivity contribution in [2.45, 2.75) is 58.3 Å². The molecule has 4 heteroatoms. The highest BCUT2D eigenvalue weighted by atomic mass is 16.5. The lowest BCUT2D eigenvalue weighted by atomic mass is 9.72. The van der Waals surface area contributed by atoms with Gasteiger partial charge in [0.05, 0.1) is 0 Å². The summed E-state index contributed by atoms with van der Waals surface area (Å²) in [7, 11) is 0. The molecule has 94 valence electrons. The maximum atomic E-state index is 11.3. The molecule has 1 aromatic heterocycles. The van der Waals surface area contributed by atoms with Gasteiger partial charge in [0.1, 0.15) is 6.29 Å². The van der Waals surface area contributed by atoms with Crippen LogP contribution in [0.1, 0.15) is 56.7 Å². The summed E-state index contributed by atoms with van der Waals surface area (Å²) >= 11 is 0. The van der Waals surface area contributed by atoms with Crippen LogP contribution in [0.4, 0.5) is 0 Å². The van der Waals surface area contributed by atoms with Gasteiger partial charge >= 0.3 is 0 Å².